The van der Waals surface area contributed by atoms with Gasteiger partial charge in [-0.3, -0.25) is 4.79 Å². The van der Waals surface area contributed by atoms with Crippen LogP contribution < -0.4 is 24.6 Å². The molecule has 7 nitrogen and oxygen atoms in total. The van der Waals surface area contributed by atoms with E-state index in [1.807, 2.05) is 12.1 Å². The molecule has 212 valence electrons. The lowest BCUT2D eigenvalue weighted by Crippen LogP contribution is -2.39. The highest BCUT2D eigenvalue weighted by Gasteiger charge is 2.44. The van der Waals surface area contributed by atoms with Gasteiger partial charge in [-0.2, -0.15) is 0 Å². The van der Waals surface area contributed by atoms with Gasteiger partial charge in [0.2, 0.25) is 6.86 Å². The highest BCUT2D eigenvalue weighted by atomic mass is 32.2. The SMILES string of the molecule is O=C(Nc1ccc(OCF)c(N2CCC(F)(F)CC2)c1)c1ccc(NSCCO)cc1N1CCC2(CC1)CC2. The molecule has 0 aromatic heterocycles. The zero-order valence-corrected chi connectivity index (χ0v) is 22.7. The number of amides is 1. The van der Waals surface area contributed by atoms with Gasteiger partial charge in [0.05, 0.1) is 23.5 Å². The molecule has 2 aromatic carbocycles. The van der Waals surface area contributed by atoms with E-state index in [1.54, 1.807) is 29.2 Å². The molecule has 39 heavy (non-hydrogen) atoms. The molecule has 5 rings (SSSR count). The van der Waals surface area contributed by atoms with Crippen LogP contribution in [0, 0.1) is 5.41 Å². The average Bonchev–Trinajstić information content (AvgIpc) is 3.69. The van der Waals surface area contributed by atoms with Crippen molar-refractivity contribution in [2.24, 2.45) is 5.41 Å². The highest BCUT2D eigenvalue weighted by Crippen LogP contribution is 2.54. The number of rotatable bonds is 10. The van der Waals surface area contributed by atoms with Crippen LogP contribution in [-0.2, 0) is 0 Å². The minimum atomic E-state index is -2.72. The van der Waals surface area contributed by atoms with Crippen LogP contribution in [-0.4, -0.2) is 62.3 Å². The monoisotopic (exact) mass is 564 g/mol. The number of ether oxygens (including phenoxy) is 1. The van der Waals surface area contributed by atoms with Crippen LogP contribution in [0.2, 0.25) is 0 Å². The second kappa shape index (κ2) is 11.8. The van der Waals surface area contributed by atoms with Crippen LogP contribution in [0.4, 0.5) is 35.9 Å². The third kappa shape index (κ3) is 6.69. The number of anilines is 4. The van der Waals surface area contributed by atoms with Gasteiger partial charge in [-0.1, -0.05) is 11.9 Å². The standard InChI is InChI=1S/C28H35F3N4O3S/c29-19-38-25-4-2-20(17-24(25)35-13-9-28(30,31)10-14-35)32-26(37)22-3-1-21(33-39-16-15-36)18-23(22)34-11-7-27(5-6-27)8-12-34/h1-4,17-18,33,36H,5-16,19H2,(H,32,37). The molecule has 1 spiro atoms. The summed E-state index contributed by atoms with van der Waals surface area (Å²) in [5, 5.41) is 12.1. The van der Waals surface area contributed by atoms with Crippen LogP contribution in [0.5, 0.6) is 5.75 Å². The smallest absolute Gasteiger partial charge is 0.257 e. The second-order valence-electron chi connectivity index (χ2n) is 10.6. The summed E-state index contributed by atoms with van der Waals surface area (Å²) in [4.78, 5) is 17.6. The van der Waals surface area contributed by atoms with Gasteiger partial charge < -0.3 is 29.7 Å². The molecule has 0 unspecified atom stereocenters. The molecule has 2 saturated heterocycles. The van der Waals surface area contributed by atoms with Crippen molar-refractivity contribution in [2.75, 3.05) is 65.2 Å². The molecule has 2 aliphatic heterocycles. The summed E-state index contributed by atoms with van der Waals surface area (Å²) < 4.78 is 48.9. The van der Waals surface area contributed by atoms with E-state index in [0.29, 0.717) is 28.1 Å². The number of hydrogen-bond acceptors (Lipinski definition) is 7. The Labute approximate surface area is 231 Å². The number of piperidine rings is 2. The Kier molecular flexibility index (Phi) is 8.37. The third-order valence-corrected chi connectivity index (χ3v) is 8.78. The molecule has 3 aliphatic rings. The summed E-state index contributed by atoms with van der Waals surface area (Å²) in [5.74, 6) is -2.21. The molecule has 1 amide bonds. The first-order chi connectivity index (χ1) is 18.8. The molecule has 3 N–H and O–H groups in total. The second-order valence-corrected chi connectivity index (χ2v) is 11.5. The molecule has 1 saturated carbocycles. The maximum Gasteiger partial charge on any atom is 0.257 e. The summed E-state index contributed by atoms with van der Waals surface area (Å²) in [6, 6.07) is 10.5. The Bertz CT molecular complexity index is 1160. The Hall–Kier alpha value is -2.79. The first-order valence-electron chi connectivity index (χ1n) is 13.5. The van der Waals surface area contributed by atoms with Crippen molar-refractivity contribution < 1.29 is 27.8 Å². The van der Waals surface area contributed by atoms with Gasteiger partial charge in [-0.15, -0.1) is 0 Å². The molecule has 1 aliphatic carbocycles. The topological polar surface area (TPSA) is 77.1 Å². The maximum atomic E-state index is 13.7. The van der Waals surface area contributed by atoms with E-state index in [-0.39, 0.29) is 44.2 Å². The average molecular weight is 565 g/mol. The number of aliphatic hydroxyl groups is 1. The Morgan fingerprint density at radius 3 is 2.23 bits per heavy atom. The van der Waals surface area contributed by atoms with E-state index in [9.17, 15) is 18.0 Å². The molecule has 0 radical (unpaired) electrons. The van der Waals surface area contributed by atoms with E-state index in [0.717, 1.165) is 37.3 Å². The van der Waals surface area contributed by atoms with Crippen molar-refractivity contribution in [2.45, 2.75) is 44.4 Å². The lowest BCUT2D eigenvalue weighted by Gasteiger charge is -2.35. The summed E-state index contributed by atoms with van der Waals surface area (Å²) in [6.45, 7) is 1.00. The van der Waals surface area contributed by atoms with Crippen molar-refractivity contribution in [3.63, 3.8) is 0 Å². The first kappa shape index (κ1) is 27.8. The third-order valence-electron chi connectivity index (χ3n) is 8.01. The number of nitrogens with zero attached hydrogens (tertiary/aromatic N) is 2. The Balaban J connectivity index is 1.37. The number of nitrogens with one attached hydrogen (secondary N) is 2. The number of carbonyl (C=O) groups is 1. The van der Waals surface area contributed by atoms with Gasteiger partial charge >= 0.3 is 0 Å². The normalized spacial score (nSPS) is 19.6. The number of halogens is 3. The van der Waals surface area contributed by atoms with Crippen LogP contribution in [0.3, 0.4) is 0 Å². The van der Waals surface area contributed by atoms with Gasteiger partial charge in [-0.25, -0.2) is 13.2 Å². The van der Waals surface area contributed by atoms with Gasteiger partial charge in [-0.05, 0) is 67.5 Å². The molecule has 0 atom stereocenters. The van der Waals surface area contributed by atoms with E-state index in [2.05, 4.69) is 14.9 Å². The minimum Gasteiger partial charge on any atom is -0.461 e. The van der Waals surface area contributed by atoms with Crippen LogP contribution in [0.15, 0.2) is 36.4 Å². The van der Waals surface area contributed by atoms with Gasteiger partial charge in [0.25, 0.3) is 11.8 Å². The first-order valence-corrected chi connectivity index (χ1v) is 14.4. The Morgan fingerprint density at radius 1 is 0.923 bits per heavy atom. The van der Waals surface area contributed by atoms with E-state index in [4.69, 9.17) is 9.84 Å². The molecule has 2 heterocycles. The zero-order valence-electron chi connectivity index (χ0n) is 21.9. The lowest BCUT2D eigenvalue weighted by molar-refractivity contribution is -0.0221. The van der Waals surface area contributed by atoms with Gasteiger partial charge in [0, 0.05) is 56.1 Å². The van der Waals surface area contributed by atoms with Crippen molar-refractivity contribution in [3.8, 4) is 5.75 Å². The molecule has 0 bridgehead atoms. The maximum absolute atomic E-state index is 13.7. The van der Waals surface area contributed by atoms with E-state index < -0.39 is 12.8 Å². The number of carbonyl (C=O) groups excluding carboxylic acids is 1. The summed E-state index contributed by atoms with van der Waals surface area (Å²) >= 11 is 1.40. The van der Waals surface area contributed by atoms with Crippen LogP contribution in [0.1, 0.15) is 48.9 Å². The van der Waals surface area contributed by atoms with Gasteiger partial charge in [0.1, 0.15) is 5.75 Å². The Morgan fingerprint density at radius 2 is 1.56 bits per heavy atom. The highest BCUT2D eigenvalue weighted by molar-refractivity contribution is 8.00. The number of aliphatic hydroxyl groups excluding tert-OH is 1. The fourth-order valence-electron chi connectivity index (χ4n) is 5.42. The predicted octanol–water partition coefficient (Wildman–Crippen LogP) is 5.91. The molecular formula is C28H35F3N4O3S. The van der Waals surface area contributed by atoms with Crippen molar-refractivity contribution in [1.82, 2.24) is 0 Å². The summed E-state index contributed by atoms with van der Waals surface area (Å²) in [6.07, 6.45) is 4.20. The van der Waals surface area contributed by atoms with Crippen molar-refractivity contribution >= 4 is 40.6 Å². The van der Waals surface area contributed by atoms with Crippen molar-refractivity contribution in [1.29, 1.82) is 0 Å². The zero-order chi connectivity index (χ0) is 27.5. The largest absolute Gasteiger partial charge is 0.461 e. The van der Waals surface area contributed by atoms with E-state index >= 15 is 0 Å². The van der Waals surface area contributed by atoms with Crippen LogP contribution >= 0.6 is 11.9 Å². The lowest BCUT2D eigenvalue weighted by atomic mass is 9.93. The molecule has 3 fully saturated rings. The van der Waals surface area contributed by atoms with Gasteiger partial charge in [0.15, 0.2) is 0 Å². The van der Waals surface area contributed by atoms with Crippen molar-refractivity contribution in [3.05, 3.63) is 42.0 Å². The molecular weight excluding hydrogens is 529 g/mol. The number of benzene rings is 2. The fraction of sp³-hybridized carbons (Fsp3) is 0.536. The fourth-order valence-corrected chi connectivity index (χ4v) is 5.91. The van der Waals surface area contributed by atoms with Crippen LogP contribution in [0.25, 0.3) is 0 Å². The predicted molar refractivity (Wildman–Crippen MR) is 150 cm³/mol. The quantitative estimate of drug-likeness (QED) is 0.245. The summed E-state index contributed by atoms with van der Waals surface area (Å²) in [5.41, 5.74) is 3.66. The number of hydrogen-bond donors (Lipinski definition) is 3. The number of alkyl halides is 3. The molecule has 11 heteroatoms. The van der Waals surface area contributed by atoms with E-state index in [1.165, 1.54) is 24.8 Å². The summed E-state index contributed by atoms with van der Waals surface area (Å²) in [7, 11) is 0. The minimum absolute atomic E-state index is 0.0657. The molecule has 2 aromatic rings.